The molecule has 0 saturated carbocycles. The first-order chi connectivity index (χ1) is 3.79. The van der Waals surface area contributed by atoms with Crippen LogP contribution in [0.25, 0.3) is 0 Å². The molecule has 0 atom stereocenters. The second kappa shape index (κ2) is 2.44. The Hall–Kier alpha value is -0.110. The molecule has 0 spiro atoms. The van der Waals surface area contributed by atoms with Crippen LogP contribution in [0.4, 0.5) is 4.39 Å². The van der Waals surface area contributed by atoms with Gasteiger partial charge in [0.25, 0.3) is 0 Å². The molecule has 0 N–H and O–H groups in total. The van der Waals surface area contributed by atoms with Crippen LogP contribution in [0.5, 0.6) is 0 Å². The van der Waals surface area contributed by atoms with Crippen LogP contribution in [0.15, 0.2) is 24.1 Å². The zero-order valence-corrected chi connectivity index (χ0v) is 5.78. The van der Waals surface area contributed by atoms with Gasteiger partial charge in [0.05, 0.1) is 4.83 Å². The van der Waals surface area contributed by atoms with Crippen LogP contribution in [0.3, 0.4) is 0 Å². The predicted octanol–water partition coefficient (Wildman–Crippen LogP) is 2.73. The molecule has 43 valence electrons. The molecule has 0 aromatic carbocycles. The minimum Gasteiger partial charge on any atom is -0.212 e. The number of halogens is 2. The molecule has 0 aromatic heterocycles. The van der Waals surface area contributed by atoms with Crippen molar-refractivity contribution in [1.82, 2.24) is 0 Å². The Labute approximate surface area is 56.2 Å². The Balaban J connectivity index is 2.59. The van der Waals surface area contributed by atoms with Crippen LogP contribution >= 0.6 is 15.9 Å². The van der Waals surface area contributed by atoms with Gasteiger partial charge in [0, 0.05) is 6.42 Å². The van der Waals surface area contributed by atoms with Crippen molar-refractivity contribution in [2.45, 2.75) is 6.42 Å². The Bertz CT molecular complexity index is 137. The van der Waals surface area contributed by atoms with E-state index in [1.807, 2.05) is 6.08 Å². The summed E-state index contributed by atoms with van der Waals surface area (Å²) in [5.41, 5.74) is 0. The Morgan fingerprint density at radius 2 is 2.38 bits per heavy atom. The van der Waals surface area contributed by atoms with E-state index in [9.17, 15) is 4.39 Å². The molecule has 0 amide bonds. The van der Waals surface area contributed by atoms with Gasteiger partial charge in [0.2, 0.25) is 0 Å². The summed E-state index contributed by atoms with van der Waals surface area (Å²) in [6, 6.07) is 0. The molecule has 1 radical (unpaired) electrons. The molecule has 1 aliphatic rings. The fraction of sp³-hybridized carbons (Fsp3) is 0.167. The van der Waals surface area contributed by atoms with Crippen LogP contribution in [0.1, 0.15) is 6.42 Å². The lowest BCUT2D eigenvalue weighted by molar-refractivity contribution is 0.607. The Morgan fingerprint density at radius 1 is 1.62 bits per heavy atom. The van der Waals surface area contributed by atoms with Crippen LogP contribution in [-0.4, -0.2) is 0 Å². The molecule has 0 aromatic rings. The van der Waals surface area contributed by atoms with E-state index in [1.54, 1.807) is 6.08 Å². The van der Waals surface area contributed by atoms with Crippen LogP contribution in [-0.2, 0) is 0 Å². The van der Waals surface area contributed by atoms with Gasteiger partial charge >= 0.3 is 0 Å². The predicted molar refractivity (Wildman–Crippen MR) is 35.1 cm³/mol. The number of hydrogen-bond donors (Lipinski definition) is 0. The molecule has 8 heavy (non-hydrogen) atoms. The molecule has 0 aliphatic heterocycles. The topological polar surface area (TPSA) is 0 Å². The van der Waals surface area contributed by atoms with E-state index >= 15 is 0 Å². The largest absolute Gasteiger partial charge is 0.212 e. The lowest BCUT2D eigenvalue weighted by Gasteiger charge is -2.03. The number of rotatable bonds is 0. The highest BCUT2D eigenvalue weighted by Crippen LogP contribution is 2.25. The number of hydrogen-bond acceptors (Lipinski definition) is 0. The van der Waals surface area contributed by atoms with E-state index in [2.05, 4.69) is 15.9 Å². The highest BCUT2D eigenvalue weighted by molar-refractivity contribution is 9.11. The normalized spacial score (nSPS) is 21.0. The minimum absolute atomic E-state index is 0.0839. The summed E-state index contributed by atoms with van der Waals surface area (Å²) in [6.45, 7) is 0. The molecule has 0 saturated heterocycles. The smallest absolute Gasteiger partial charge is 0.102 e. The summed E-state index contributed by atoms with van der Waals surface area (Å²) < 4.78 is 12.2. The van der Waals surface area contributed by atoms with Crippen molar-refractivity contribution in [2.75, 3.05) is 0 Å². The van der Waals surface area contributed by atoms with Crippen molar-refractivity contribution >= 4 is 15.9 Å². The van der Waals surface area contributed by atoms with Gasteiger partial charge in [-0.1, -0.05) is 28.1 Å². The number of allylic oxidation sites excluding steroid dienone is 4. The first kappa shape index (κ1) is 6.02. The van der Waals surface area contributed by atoms with Gasteiger partial charge in [-0.2, -0.15) is 0 Å². The third-order valence-electron chi connectivity index (χ3n) is 0.892. The van der Waals surface area contributed by atoms with Crippen LogP contribution in [0, 0.1) is 4.83 Å². The second-order valence-corrected chi connectivity index (χ2v) is 2.61. The standard InChI is InChI=1S/C6H5BrF/c7-5-2-1-3-6(8)4-5/h1-3H,4H2. The fourth-order valence-electron chi connectivity index (χ4n) is 0.536. The molecule has 1 rings (SSSR count). The van der Waals surface area contributed by atoms with E-state index < -0.39 is 0 Å². The van der Waals surface area contributed by atoms with Crippen molar-refractivity contribution in [3.05, 3.63) is 28.9 Å². The van der Waals surface area contributed by atoms with E-state index in [0.29, 0.717) is 6.42 Å². The minimum atomic E-state index is -0.0839. The first-order valence-corrected chi connectivity index (χ1v) is 3.12. The van der Waals surface area contributed by atoms with Crippen molar-refractivity contribution in [1.29, 1.82) is 0 Å². The zero-order chi connectivity index (χ0) is 5.98. The van der Waals surface area contributed by atoms with Gasteiger partial charge < -0.3 is 0 Å². The lowest BCUT2D eigenvalue weighted by atomic mass is 10.2. The van der Waals surface area contributed by atoms with E-state index in [1.165, 1.54) is 6.08 Å². The third kappa shape index (κ3) is 1.44. The molecule has 1 aliphatic carbocycles. The van der Waals surface area contributed by atoms with Gasteiger partial charge in [-0.05, 0) is 6.08 Å². The highest BCUT2D eigenvalue weighted by atomic mass is 79.9. The SMILES string of the molecule is FC1=CC=C[C](Br)C1. The van der Waals surface area contributed by atoms with Crippen molar-refractivity contribution in [3.8, 4) is 0 Å². The molecule has 2 heteroatoms. The average Bonchev–Trinajstić information content (AvgIpc) is 1.64. The lowest BCUT2D eigenvalue weighted by Crippen LogP contribution is -1.86. The molecular weight excluding hydrogens is 171 g/mol. The average molecular weight is 176 g/mol. The Morgan fingerprint density at radius 3 is 2.75 bits per heavy atom. The van der Waals surface area contributed by atoms with Crippen LogP contribution < -0.4 is 0 Å². The van der Waals surface area contributed by atoms with Crippen molar-refractivity contribution < 1.29 is 4.39 Å². The van der Waals surface area contributed by atoms with Crippen LogP contribution in [0.2, 0.25) is 0 Å². The summed E-state index contributed by atoms with van der Waals surface area (Å²) in [5, 5.41) is 0. The maximum atomic E-state index is 12.2. The maximum absolute atomic E-state index is 12.2. The molecule has 0 unspecified atom stereocenters. The first-order valence-electron chi connectivity index (χ1n) is 2.33. The summed E-state index contributed by atoms with van der Waals surface area (Å²) >= 11 is 3.18. The summed E-state index contributed by atoms with van der Waals surface area (Å²) in [5.74, 6) is -0.0839. The Kier molecular flexibility index (Phi) is 1.84. The fourth-order valence-corrected chi connectivity index (χ4v) is 0.957. The van der Waals surface area contributed by atoms with Gasteiger partial charge in [-0.25, -0.2) is 4.39 Å². The van der Waals surface area contributed by atoms with Gasteiger partial charge in [0.1, 0.15) is 5.83 Å². The molecular formula is C6H5BrF. The maximum Gasteiger partial charge on any atom is 0.102 e. The second-order valence-electron chi connectivity index (χ2n) is 1.60. The van der Waals surface area contributed by atoms with Gasteiger partial charge in [0.15, 0.2) is 0 Å². The summed E-state index contributed by atoms with van der Waals surface area (Å²) in [7, 11) is 0. The summed E-state index contributed by atoms with van der Waals surface area (Å²) in [4.78, 5) is 0.900. The monoisotopic (exact) mass is 175 g/mol. The molecule has 0 bridgehead atoms. The molecule has 0 nitrogen and oxygen atoms in total. The molecule has 0 heterocycles. The molecule has 0 fully saturated rings. The summed E-state index contributed by atoms with van der Waals surface area (Å²) in [6.07, 6.45) is 5.40. The highest BCUT2D eigenvalue weighted by Gasteiger charge is 2.06. The van der Waals surface area contributed by atoms with Crippen molar-refractivity contribution in [3.63, 3.8) is 0 Å². The quantitative estimate of drug-likeness (QED) is 0.532. The van der Waals surface area contributed by atoms with E-state index in [0.717, 1.165) is 4.83 Å². The van der Waals surface area contributed by atoms with Crippen molar-refractivity contribution in [2.24, 2.45) is 0 Å². The zero-order valence-electron chi connectivity index (χ0n) is 4.20. The van der Waals surface area contributed by atoms with E-state index in [-0.39, 0.29) is 5.83 Å². The van der Waals surface area contributed by atoms with Gasteiger partial charge in [-0.3, -0.25) is 0 Å². The third-order valence-corrected chi connectivity index (χ3v) is 1.44. The van der Waals surface area contributed by atoms with Gasteiger partial charge in [-0.15, -0.1) is 0 Å². The van der Waals surface area contributed by atoms with E-state index in [4.69, 9.17) is 0 Å².